The first-order valence-corrected chi connectivity index (χ1v) is 6.50. The van der Waals surface area contributed by atoms with Gasteiger partial charge in [-0.25, -0.2) is 0 Å². The van der Waals surface area contributed by atoms with Crippen LogP contribution in [0.15, 0.2) is 21.8 Å². The molecule has 1 N–H and O–H groups in total. The van der Waals surface area contributed by atoms with Crippen molar-refractivity contribution in [1.29, 1.82) is 0 Å². The quantitative estimate of drug-likeness (QED) is 0.903. The van der Waals surface area contributed by atoms with Gasteiger partial charge in [0.1, 0.15) is 13.2 Å². The van der Waals surface area contributed by atoms with Gasteiger partial charge in [0.25, 0.3) is 0 Å². The molecule has 0 radical (unpaired) electrons. The Balaban J connectivity index is 1.92. The summed E-state index contributed by atoms with van der Waals surface area (Å²) in [5.74, 6) is 1.43. The van der Waals surface area contributed by atoms with Gasteiger partial charge in [-0.15, -0.1) is 0 Å². The molecule has 2 aliphatic heterocycles. The number of benzene rings is 1. The number of ether oxygens (including phenoxy) is 2. The SMILES string of the molecule is OCC1CC(c2cc(Br)c3c(c2)OCCO3)=NO1. The zero-order chi connectivity index (χ0) is 12.5. The third kappa shape index (κ3) is 2.06. The highest BCUT2D eigenvalue weighted by Crippen LogP contribution is 2.39. The van der Waals surface area contributed by atoms with Gasteiger partial charge in [0.2, 0.25) is 0 Å². The van der Waals surface area contributed by atoms with Crippen LogP contribution in [0.3, 0.4) is 0 Å². The van der Waals surface area contributed by atoms with Crippen molar-refractivity contribution in [3.05, 3.63) is 22.2 Å². The van der Waals surface area contributed by atoms with E-state index in [4.69, 9.17) is 19.4 Å². The number of halogens is 1. The number of hydrogen-bond acceptors (Lipinski definition) is 5. The molecule has 0 bridgehead atoms. The Morgan fingerprint density at radius 2 is 2.17 bits per heavy atom. The first-order chi connectivity index (χ1) is 8.78. The van der Waals surface area contributed by atoms with Crippen LogP contribution < -0.4 is 9.47 Å². The van der Waals surface area contributed by atoms with E-state index in [1.165, 1.54) is 0 Å². The molecule has 0 aromatic heterocycles. The molecule has 0 saturated heterocycles. The van der Waals surface area contributed by atoms with Gasteiger partial charge in [0.05, 0.1) is 16.8 Å². The predicted molar refractivity (Wildman–Crippen MR) is 68.2 cm³/mol. The lowest BCUT2D eigenvalue weighted by atomic mass is 10.0. The lowest BCUT2D eigenvalue weighted by molar-refractivity contribution is 0.0390. The molecule has 5 nitrogen and oxygen atoms in total. The molecule has 0 amide bonds. The van der Waals surface area contributed by atoms with Crippen molar-refractivity contribution in [1.82, 2.24) is 0 Å². The van der Waals surface area contributed by atoms with Crippen LogP contribution in [-0.2, 0) is 4.84 Å². The Hall–Kier alpha value is -1.27. The molecular weight excluding hydrogens is 302 g/mol. The molecule has 1 aromatic rings. The lowest BCUT2D eigenvalue weighted by Gasteiger charge is -2.20. The largest absolute Gasteiger partial charge is 0.486 e. The number of nitrogens with zero attached hydrogens (tertiary/aromatic N) is 1. The van der Waals surface area contributed by atoms with Gasteiger partial charge in [0.15, 0.2) is 17.6 Å². The van der Waals surface area contributed by atoms with Crippen LogP contribution in [0, 0.1) is 0 Å². The maximum atomic E-state index is 9.03. The number of oxime groups is 1. The van der Waals surface area contributed by atoms with Crippen molar-refractivity contribution in [2.24, 2.45) is 5.16 Å². The molecule has 0 saturated carbocycles. The molecule has 0 spiro atoms. The lowest BCUT2D eigenvalue weighted by Crippen LogP contribution is -2.17. The third-order valence-corrected chi connectivity index (χ3v) is 3.46. The van der Waals surface area contributed by atoms with Gasteiger partial charge in [0, 0.05) is 12.0 Å². The monoisotopic (exact) mass is 313 g/mol. The summed E-state index contributed by atoms with van der Waals surface area (Å²) in [7, 11) is 0. The fourth-order valence-corrected chi connectivity index (χ4v) is 2.53. The first kappa shape index (κ1) is 11.8. The Kier molecular flexibility index (Phi) is 3.13. The Morgan fingerprint density at radius 3 is 2.94 bits per heavy atom. The van der Waals surface area contributed by atoms with E-state index < -0.39 is 0 Å². The second-order valence-corrected chi connectivity index (χ2v) is 4.99. The van der Waals surface area contributed by atoms with Gasteiger partial charge in [-0.05, 0) is 28.1 Å². The maximum Gasteiger partial charge on any atom is 0.175 e. The first-order valence-electron chi connectivity index (χ1n) is 5.71. The van der Waals surface area contributed by atoms with E-state index in [0.29, 0.717) is 25.4 Å². The summed E-state index contributed by atoms with van der Waals surface area (Å²) in [5, 5.41) is 13.0. The fraction of sp³-hybridized carbons (Fsp3) is 0.417. The van der Waals surface area contributed by atoms with Crippen LogP contribution in [0.5, 0.6) is 11.5 Å². The molecule has 96 valence electrons. The number of hydrogen-bond donors (Lipinski definition) is 1. The van der Waals surface area contributed by atoms with Gasteiger partial charge >= 0.3 is 0 Å². The summed E-state index contributed by atoms with van der Waals surface area (Å²) in [6, 6.07) is 3.82. The molecule has 3 rings (SSSR count). The van der Waals surface area contributed by atoms with Crippen LogP contribution in [0.25, 0.3) is 0 Å². The Bertz CT molecular complexity index is 503. The second-order valence-electron chi connectivity index (χ2n) is 4.13. The molecule has 1 unspecified atom stereocenters. The standard InChI is InChI=1S/C12H12BrNO4/c13-9-3-7(10-5-8(6-15)18-14-10)4-11-12(9)17-2-1-16-11/h3-4,8,15H,1-2,5-6H2. The van der Waals surface area contributed by atoms with Gasteiger partial charge < -0.3 is 19.4 Å². The average Bonchev–Trinajstić information content (AvgIpc) is 2.87. The Morgan fingerprint density at radius 1 is 1.33 bits per heavy atom. The minimum Gasteiger partial charge on any atom is -0.486 e. The number of aliphatic hydroxyl groups is 1. The van der Waals surface area contributed by atoms with Gasteiger partial charge in [-0.1, -0.05) is 5.16 Å². The second kappa shape index (κ2) is 4.78. The summed E-state index contributed by atoms with van der Waals surface area (Å²) in [4.78, 5) is 5.10. The Labute approximate surface area is 112 Å². The molecule has 0 aliphatic carbocycles. The highest BCUT2D eigenvalue weighted by molar-refractivity contribution is 9.10. The molecule has 18 heavy (non-hydrogen) atoms. The van der Waals surface area contributed by atoms with Crippen LogP contribution in [-0.4, -0.2) is 36.7 Å². The maximum absolute atomic E-state index is 9.03. The van der Waals surface area contributed by atoms with E-state index in [2.05, 4.69) is 21.1 Å². The summed E-state index contributed by atoms with van der Waals surface area (Å²) < 4.78 is 11.9. The van der Waals surface area contributed by atoms with E-state index in [0.717, 1.165) is 21.5 Å². The molecule has 1 aromatic carbocycles. The smallest absolute Gasteiger partial charge is 0.175 e. The van der Waals surface area contributed by atoms with E-state index in [1.807, 2.05) is 12.1 Å². The van der Waals surface area contributed by atoms with Crippen molar-refractivity contribution in [2.75, 3.05) is 19.8 Å². The van der Waals surface area contributed by atoms with Crippen molar-refractivity contribution in [3.63, 3.8) is 0 Å². The summed E-state index contributed by atoms with van der Waals surface area (Å²) in [6.45, 7) is 1.07. The van der Waals surface area contributed by atoms with Crippen molar-refractivity contribution in [2.45, 2.75) is 12.5 Å². The number of aliphatic hydroxyl groups excluding tert-OH is 1. The molecule has 6 heteroatoms. The molecule has 2 heterocycles. The minimum absolute atomic E-state index is 0.0290. The van der Waals surface area contributed by atoms with E-state index >= 15 is 0 Å². The van der Waals surface area contributed by atoms with Crippen molar-refractivity contribution < 1.29 is 19.4 Å². The predicted octanol–water partition coefficient (Wildman–Crippen LogP) is 1.71. The minimum atomic E-state index is -0.244. The zero-order valence-electron chi connectivity index (χ0n) is 9.56. The van der Waals surface area contributed by atoms with E-state index in [9.17, 15) is 0 Å². The molecule has 0 fully saturated rings. The fourth-order valence-electron chi connectivity index (χ4n) is 1.97. The van der Waals surface area contributed by atoms with Crippen molar-refractivity contribution >= 4 is 21.6 Å². The highest BCUT2D eigenvalue weighted by atomic mass is 79.9. The summed E-state index contributed by atoms with van der Waals surface area (Å²) >= 11 is 3.46. The van der Waals surface area contributed by atoms with Crippen LogP contribution in [0.4, 0.5) is 0 Å². The van der Waals surface area contributed by atoms with E-state index in [-0.39, 0.29) is 12.7 Å². The van der Waals surface area contributed by atoms with Crippen LogP contribution in [0.2, 0.25) is 0 Å². The number of fused-ring (bicyclic) bond motifs is 1. The van der Waals surface area contributed by atoms with E-state index in [1.54, 1.807) is 0 Å². The third-order valence-electron chi connectivity index (χ3n) is 2.87. The molecule has 2 aliphatic rings. The van der Waals surface area contributed by atoms with Crippen LogP contribution >= 0.6 is 15.9 Å². The summed E-state index contributed by atoms with van der Waals surface area (Å²) in [5.41, 5.74) is 1.73. The number of rotatable bonds is 2. The average molecular weight is 314 g/mol. The topological polar surface area (TPSA) is 60.3 Å². The van der Waals surface area contributed by atoms with Crippen molar-refractivity contribution in [3.8, 4) is 11.5 Å². The molecule has 1 atom stereocenters. The van der Waals surface area contributed by atoms with Gasteiger partial charge in [-0.2, -0.15) is 0 Å². The normalized spacial score (nSPS) is 21.4. The highest BCUT2D eigenvalue weighted by Gasteiger charge is 2.24. The molecular formula is C12H12BrNO4. The van der Waals surface area contributed by atoms with Gasteiger partial charge in [-0.3, -0.25) is 0 Å². The zero-order valence-corrected chi connectivity index (χ0v) is 11.1. The van der Waals surface area contributed by atoms with Crippen LogP contribution in [0.1, 0.15) is 12.0 Å². The summed E-state index contributed by atoms with van der Waals surface area (Å²) in [6.07, 6.45) is 0.356.